The summed E-state index contributed by atoms with van der Waals surface area (Å²) in [5, 5.41) is 9.65. The van der Waals surface area contributed by atoms with Gasteiger partial charge in [0.25, 0.3) is 0 Å². The van der Waals surface area contributed by atoms with Crippen molar-refractivity contribution in [1.82, 2.24) is 0 Å². The standard InChI is InChI=1S/C20H24O3/c1-4-15-9-11-16(12-10-15)18(20(21)22)13-17-7-5-6-8-19(17)23-14(2)3/h5-12,14,18H,4,13H2,1-3H3,(H,21,22). The Kier molecular flexibility index (Phi) is 5.80. The van der Waals surface area contributed by atoms with Crippen molar-refractivity contribution in [3.63, 3.8) is 0 Å². The van der Waals surface area contributed by atoms with Crippen LogP contribution >= 0.6 is 0 Å². The zero-order valence-electron chi connectivity index (χ0n) is 14.0. The van der Waals surface area contributed by atoms with Crippen LogP contribution in [0.3, 0.4) is 0 Å². The predicted octanol–water partition coefficient (Wildman–Crippen LogP) is 4.45. The molecule has 0 fully saturated rings. The maximum Gasteiger partial charge on any atom is 0.311 e. The van der Waals surface area contributed by atoms with E-state index in [0.29, 0.717) is 6.42 Å². The van der Waals surface area contributed by atoms with Crippen molar-refractivity contribution < 1.29 is 14.6 Å². The summed E-state index contributed by atoms with van der Waals surface area (Å²) >= 11 is 0. The van der Waals surface area contributed by atoms with Gasteiger partial charge < -0.3 is 9.84 Å². The van der Waals surface area contributed by atoms with Crippen LogP contribution in [0.1, 0.15) is 43.4 Å². The van der Waals surface area contributed by atoms with Crippen molar-refractivity contribution in [3.05, 3.63) is 65.2 Å². The smallest absolute Gasteiger partial charge is 0.311 e. The van der Waals surface area contributed by atoms with E-state index < -0.39 is 11.9 Å². The molecule has 0 aliphatic carbocycles. The number of benzene rings is 2. The highest BCUT2D eigenvalue weighted by molar-refractivity contribution is 5.76. The van der Waals surface area contributed by atoms with Gasteiger partial charge in [0, 0.05) is 0 Å². The first-order valence-corrected chi connectivity index (χ1v) is 8.07. The quantitative estimate of drug-likeness (QED) is 0.821. The number of hydrogen-bond donors (Lipinski definition) is 1. The molecule has 23 heavy (non-hydrogen) atoms. The van der Waals surface area contributed by atoms with Crippen molar-refractivity contribution in [2.24, 2.45) is 0 Å². The Morgan fingerprint density at radius 3 is 2.30 bits per heavy atom. The van der Waals surface area contributed by atoms with E-state index in [1.54, 1.807) is 0 Å². The molecule has 0 radical (unpaired) electrons. The highest BCUT2D eigenvalue weighted by atomic mass is 16.5. The Hall–Kier alpha value is -2.29. The minimum absolute atomic E-state index is 0.0586. The van der Waals surface area contributed by atoms with E-state index in [4.69, 9.17) is 4.74 Å². The first-order valence-electron chi connectivity index (χ1n) is 8.07. The first-order chi connectivity index (χ1) is 11.0. The molecule has 0 saturated carbocycles. The average molecular weight is 312 g/mol. The second-order valence-corrected chi connectivity index (χ2v) is 5.96. The molecule has 3 nitrogen and oxygen atoms in total. The minimum atomic E-state index is -0.811. The lowest BCUT2D eigenvalue weighted by Gasteiger charge is -2.18. The van der Waals surface area contributed by atoms with Crippen LogP contribution in [0.15, 0.2) is 48.5 Å². The lowest BCUT2D eigenvalue weighted by molar-refractivity contribution is -0.138. The third-order valence-electron chi connectivity index (χ3n) is 3.85. The van der Waals surface area contributed by atoms with Gasteiger partial charge in [0.1, 0.15) is 5.75 Å². The summed E-state index contributed by atoms with van der Waals surface area (Å²) in [6.07, 6.45) is 1.43. The normalized spacial score (nSPS) is 12.2. The summed E-state index contributed by atoms with van der Waals surface area (Å²) in [4.78, 5) is 11.8. The molecule has 2 aromatic rings. The number of rotatable bonds is 7. The van der Waals surface area contributed by atoms with Gasteiger partial charge in [0.2, 0.25) is 0 Å². The number of aryl methyl sites for hydroxylation is 1. The topological polar surface area (TPSA) is 46.5 Å². The van der Waals surface area contributed by atoms with Gasteiger partial charge in [0.15, 0.2) is 0 Å². The molecule has 0 aliphatic rings. The highest BCUT2D eigenvalue weighted by Crippen LogP contribution is 2.28. The maximum atomic E-state index is 11.8. The number of aliphatic carboxylic acids is 1. The molecule has 0 aromatic heterocycles. The molecule has 1 atom stereocenters. The number of hydrogen-bond acceptors (Lipinski definition) is 2. The highest BCUT2D eigenvalue weighted by Gasteiger charge is 2.22. The Morgan fingerprint density at radius 1 is 1.09 bits per heavy atom. The van der Waals surface area contributed by atoms with Crippen LogP contribution in [0.4, 0.5) is 0 Å². The third kappa shape index (κ3) is 4.59. The Labute approximate surface area is 137 Å². The fourth-order valence-electron chi connectivity index (χ4n) is 2.59. The molecule has 122 valence electrons. The van der Waals surface area contributed by atoms with Gasteiger partial charge in [-0.05, 0) is 49.4 Å². The van der Waals surface area contributed by atoms with Crippen molar-refractivity contribution >= 4 is 5.97 Å². The molecule has 2 rings (SSSR count). The van der Waals surface area contributed by atoms with E-state index in [1.807, 2.05) is 62.4 Å². The average Bonchev–Trinajstić information content (AvgIpc) is 2.53. The van der Waals surface area contributed by atoms with Crippen LogP contribution in [0.2, 0.25) is 0 Å². The monoisotopic (exact) mass is 312 g/mol. The molecule has 0 aliphatic heterocycles. The second-order valence-electron chi connectivity index (χ2n) is 5.96. The van der Waals surface area contributed by atoms with Gasteiger partial charge in [-0.1, -0.05) is 49.4 Å². The number of para-hydroxylation sites is 1. The molecule has 1 N–H and O–H groups in total. The summed E-state index contributed by atoms with van der Waals surface area (Å²) in [5.74, 6) is -0.620. The van der Waals surface area contributed by atoms with E-state index in [0.717, 1.165) is 23.3 Å². The number of carboxylic acids is 1. The Balaban J connectivity index is 2.27. The molecule has 0 bridgehead atoms. The van der Waals surface area contributed by atoms with Crippen molar-refractivity contribution in [2.45, 2.75) is 45.6 Å². The van der Waals surface area contributed by atoms with Crippen LogP contribution in [0.25, 0.3) is 0 Å². The number of carboxylic acid groups (broad SMARTS) is 1. The lowest BCUT2D eigenvalue weighted by atomic mass is 9.91. The van der Waals surface area contributed by atoms with E-state index >= 15 is 0 Å². The van der Waals surface area contributed by atoms with Gasteiger partial charge in [-0.25, -0.2) is 0 Å². The lowest BCUT2D eigenvalue weighted by Crippen LogP contribution is -2.16. The zero-order chi connectivity index (χ0) is 16.8. The Morgan fingerprint density at radius 2 is 1.74 bits per heavy atom. The zero-order valence-corrected chi connectivity index (χ0v) is 14.0. The largest absolute Gasteiger partial charge is 0.491 e. The fourth-order valence-corrected chi connectivity index (χ4v) is 2.59. The molecule has 0 saturated heterocycles. The van der Waals surface area contributed by atoms with Crippen LogP contribution in [0, 0.1) is 0 Å². The van der Waals surface area contributed by atoms with Crippen LogP contribution < -0.4 is 4.74 Å². The minimum Gasteiger partial charge on any atom is -0.491 e. The molecule has 0 heterocycles. The van der Waals surface area contributed by atoms with Crippen molar-refractivity contribution in [3.8, 4) is 5.75 Å². The van der Waals surface area contributed by atoms with E-state index in [-0.39, 0.29) is 6.10 Å². The van der Waals surface area contributed by atoms with Crippen molar-refractivity contribution in [1.29, 1.82) is 0 Å². The summed E-state index contributed by atoms with van der Waals surface area (Å²) in [5.41, 5.74) is 2.96. The first kappa shape index (κ1) is 17.1. The summed E-state index contributed by atoms with van der Waals surface area (Å²) in [7, 11) is 0. The number of ether oxygens (including phenoxy) is 1. The van der Waals surface area contributed by atoms with Gasteiger partial charge >= 0.3 is 5.97 Å². The predicted molar refractivity (Wildman–Crippen MR) is 92.1 cm³/mol. The van der Waals surface area contributed by atoms with Crippen LogP contribution in [-0.2, 0) is 17.6 Å². The molecular weight excluding hydrogens is 288 g/mol. The van der Waals surface area contributed by atoms with E-state index in [1.165, 1.54) is 5.56 Å². The summed E-state index contributed by atoms with van der Waals surface area (Å²) in [6, 6.07) is 15.5. The molecule has 3 heteroatoms. The van der Waals surface area contributed by atoms with Crippen LogP contribution in [0.5, 0.6) is 5.75 Å². The van der Waals surface area contributed by atoms with E-state index in [2.05, 4.69) is 6.92 Å². The molecule has 0 amide bonds. The van der Waals surface area contributed by atoms with Crippen molar-refractivity contribution in [2.75, 3.05) is 0 Å². The van der Waals surface area contributed by atoms with Crippen LogP contribution in [-0.4, -0.2) is 17.2 Å². The van der Waals surface area contributed by atoms with Gasteiger partial charge in [-0.15, -0.1) is 0 Å². The molecule has 0 spiro atoms. The van der Waals surface area contributed by atoms with E-state index in [9.17, 15) is 9.90 Å². The molecule has 2 aromatic carbocycles. The fraction of sp³-hybridized carbons (Fsp3) is 0.350. The SMILES string of the molecule is CCc1ccc(C(Cc2ccccc2OC(C)C)C(=O)O)cc1. The van der Waals surface area contributed by atoms with Gasteiger partial charge in [-0.2, -0.15) is 0 Å². The van der Waals surface area contributed by atoms with Gasteiger partial charge in [0.05, 0.1) is 12.0 Å². The number of carbonyl (C=O) groups is 1. The maximum absolute atomic E-state index is 11.8. The summed E-state index contributed by atoms with van der Waals surface area (Å²) in [6.45, 7) is 6.02. The molecular formula is C20H24O3. The Bertz CT molecular complexity index is 644. The second kappa shape index (κ2) is 7.82. The third-order valence-corrected chi connectivity index (χ3v) is 3.85. The molecule has 1 unspecified atom stereocenters. The summed E-state index contributed by atoms with van der Waals surface area (Å²) < 4.78 is 5.81. The van der Waals surface area contributed by atoms with Gasteiger partial charge in [-0.3, -0.25) is 4.79 Å².